The van der Waals surface area contributed by atoms with E-state index < -0.39 is 5.91 Å². The van der Waals surface area contributed by atoms with E-state index >= 15 is 0 Å². The molecule has 0 radical (unpaired) electrons. The van der Waals surface area contributed by atoms with Gasteiger partial charge in [-0.2, -0.15) is 5.26 Å². The van der Waals surface area contributed by atoms with Gasteiger partial charge < -0.3 is 10.1 Å². The molecular weight excluding hydrogens is 336 g/mol. The van der Waals surface area contributed by atoms with Crippen molar-refractivity contribution in [3.05, 3.63) is 64.2 Å². The molecule has 0 atom stereocenters. The highest BCUT2D eigenvalue weighted by Crippen LogP contribution is 2.23. The lowest BCUT2D eigenvalue weighted by Gasteiger charge is -2.09. The second kappa shape index (κ2) is 8.59. The van der Waals surface area contributed by atoms with Crippen LogP contribution in [-0.4, -0.2) is 12.5 Å². The lowest BCUT2D eigenvalue weighted by Crippen LogP contribution is -2.14. The van der Waals surface area contributed by atoms with Crippen LogP contribution in [0.25, 0.3) is 6.08 Å². The van der Waals surface area contributed by atoms with Crippen LogP contribution < -0.4 is 10.1 Å². The Balaban J connectivity index is 2.22. The zero-order valence-electron chi connectivity index (χ0n) is 13.5. The second-order valence-electron chi connectivity index (χ2n) is 5.10. The molecule has 5 heteroatoms. The van der Waals surface area contributed by atoms with Crippen LogP contribution >= 0.6 is 11.6 Å². The van der Waals surface area contributed by atoms with Crippen molar-refractivity contribution in [3.8, 4) is 24.2 Å². The smallest absolute Gasteiger partial charge is 0.266 e. The van der Waals surface area contributed by atoms with Crippen LogP contribution in [0, 0.1) is 30.6 Å². The Morgan fingerprint density at radius 2 is 2.12 bits per heavy atom. The van der Waals surface area contributed by atoms with Gasteiger partial charge in [0.15, 0.2) is 0 Å². The summed E-state index contributed by atoms with van der Waals surface area (Å²) >= 11 is 6.04. The van der Waals surface area contributed by atoms with Crippen LogP contribution in [0.4, 0.5) is 5.69 Å². The maximum atomic E-state index is 12.4. The number of terminal acetylenes is 1. The Morgan fingerprint density at radius 1 is 1.36 bits per heavy atom. The number of hydrogen-bond donors (Lipinski definition) is 1. The topological polar surface area (TPSA) is 62.1 Å². The number of rotatable bonds is 5. The van der Waals surface area contributed by atoms with Crippen LogP contribution in [-0.2, 0) is 4.79 Å². The molecule has 0 saturated carbocycles. The van der Waals surface area contributed by atoms with Gasteiger partial charge in [0.2, 0.25) is 0 Å². The molecule has 1 N–H and O–H groups in total. The molecule has 4 nitrogen and oxygen atoms in total. The third-order valence-corrected chi connectivity index (χ3v) is 3.78. The third-order valence-electron chi connectivity index (χ3n) is 3.37. The van der Waals surface area contributed by atoms with Crippen molar-refractivity contribution in [1.29, 1.82) is 5.26 Å². The number of benzene rings is 2. The summed E-state index contributed by atoms with van der Waals surface area (Å²) < 4.78 is 5.33. The Hall–Kier alpha value is -3.21. The minimum atomic E-state index is -0.511. The first-order valence-corrected chi connectivity index (χ1v) is 7.77. The lowest BCUT2D eigenvalue weighted by atomic mass is 10.1. The van der Waals surface area contributed by atoms with Crippen LogP contribution in [0.15, 0.2) is 48.0 Å². The van der Waals surface area contributed by atoms with Crippen molar-refractivity contribution in [2.45, 2.75) is 6.92 Å². The molecule has 0 aromatic heterocycles. The number of ether oxygens (including phenoxy) is 1. The predicted octanol–water partition coefficient (Wildman–Crippen LogP) is 4.21. The fraction of sp³-hybridized carbons (Fsp3) is 0.100. The average molecular weight is 351 g/mol. The highest BCUT2D eigenvalue weighted by molar-refractivity contribution is 6.31. The standard InChI is InChI=1S/C20H15ClN2O2/c1-3-10-25-17-7-4-6-15(12-17)11-16(13-22)20(24)23-19-9-5-8-18(21)14(19)2/h1,4-9,11-12H,10H2,2H3,(H,23,24)/b16-11-. The lowest BCUT2D eigenvalue weighted by molar-refractivity contribution is -0.112. The van der Waals surface area contributed by atoms with E-state index in [1.54, 1.807) is 49.4 Å². The molecule has 25 heavy (non-hydrogen) atoms. The molecule has 0 aliphatic carbocycles. The summed E-state index contributed by atoms with van der Waals surface area (Å²) in [6.07, 6.45) is 6.64. The number of carbonyl (C=O) groups is 1. The number of amides is 1. The highest BCUT2D eigenvalue weighted by Gasteiger charge is 2.12. The van der Waals surface area contributed by atoms with Gasteiger partial charge in [0.05, 0.1) is 0 Å². The molecule has 0 aliphatic rings. The van der Waals surface area contributed by atoms with Gasteiger partial charge in [-0.3, -0.25) is 4.79 Å². The highest BCUT2D eigenvalue weighted by atomic mass is 35.5. The molecule has 0 bridgehead atoms. The van der Waals surface area contributed by atoms with Gasteiger partial charge in [0.25, 0.3) is 5.91 Å². The fourth-order valence-corrected chi connectivity index (χ4v) is 2.24. The minimum absolute atomic E-state index is 0.0338. The van der Waals surface area contributed by atoms with Crippen molar-refractivity contribution in [2.24, 2.45) is 0 Å². The minimum Gasteiger partial charge on any atom is -0.481 e. The van der Waals surface area contributed by atoms with Crippen LogP contribution in [0.2, 0.25) is 5.02 Å². The number of carbonyl (C=O) groups excluding carboxylic acids is 1. The van der Waals surface area contributed by atoms with E-state index in [2.05, 4.69) is 11.2 Å². The first-order valence-electron chi connectivity index (χ1n) is 7.39. The molecule has 2 aromatic carbocycles. The molecule has 0 fully saturated rings. The summed E-state index contributed by atoms with van der Waals surface area (Å²) in [4.78, 5) is 12.4. The van der Waals surface area contributed by atoms with Crippen molar-refractivity contribution in [3.63, 3.8) is 0 Å². The summed E-state index contributed by atoms with van der Waals surface area (Å²) in [6.45, 7) is 1.94. The first kappa shape index (κ1) is 18.1. The average Bonchev–Trinajstić information content (AvgIpc) is 2.62. The molecule has 0 aliphatic heterocycles. The zero-order valence-corrected chi connectivity index (χ0v) is 14.3. The molecule has 1 amide bonds. The maximum absolute atomic E-state index is 12.4. The number of nitrogens with zero attached hydrogens (tertiary/aromatic N) is 1. The van der Waals surface area contributed by atoms with Crippen molar-refractivity contribution in [2.75, 3.05) is 11.9 Å². The predicted molar refractivity (Wildman–Crippen MR) is 99.2 cm³/mol. The summed E-state index contributed by atoms with van der Waals surface area (Å²) in [5, 5.41) is 12.5. The van der Waals surface area contributed by atoms with Gasteiger partial charge in [0, 0.05) is 10.7 Å². The summed E-state index contributed by atoms with van der Waals surface area (Å²) in [7, 11) is 0. The largest absolute Gasteiger partial charge is 0.481 e. The summed E-state index contributed by atoms with van der Waals surface area (Å²) in [5.41, 5.74) is 1.92. The van der Waals surface area contributed by atoms with Crippen LogP contribution in [0.1, 0.15) is 11.1 Å². The number of nitriles is 1. The van der Waals surface area contributed by atoms with E-state index in [1.165, 1.54) is 6.08 Å². The van der Waals surface area contributed by atoms with Crippen molar-refractivity contribution in [1.82, 2.24) is 0 Å². The molecule has 0 saturated heterocycles. The zero-order chi connectivity index (χ0) is 18.2. The van der Waals surface area contributed by atoms with E-state index in [0.717, 1.165) is 5.56 Å². The summed E-state index contributed by atoms with van der Waals surface area (Å²) in [5.74, 6) is 2.43. The molecule has 2 rings (SSSR count). The molecule has 2 aromatic rings. The molecule has 0 heterocycles. The molecule has 124 valence electrons. The van der Waals surface area contributed by atoms with Gasteiger partial charge in [0.1, 0.15) is 24.0 Å². The number of hydrogen-bond acceptors (Lipinski definition) is 3. The van der Waals surface area contributed by atoms with Crippen LogP contribution in [0.3, 0.4) is 0 Å². The van der Waals surface area contributed by atoms with E-state index in [0.29, 0.717) is 22.0 Å². The maximum Gasteiger partial charge on any atom is 0.266 e. The second-order valence-corrected chi connectivity index (χ2v) is 5.51. The van der Waals surface area contributed by atoms with Gasteiger partial charge in [-0.25, -0.2) is 0 Å². The van der Waals surface area contributed by atoms with Gasteiger partial charge in [-0.05, 0) is 48.4 Å². The number of nitrogens with one attached hydrogen (secondary N) is 1. The monoisotopic (exact) mass is 350 g/mol. The number of halogens is 1. The Bertz CT molecular complexity index is 905. The van der Waals surface area contributed by atoms with Crippen molar-refractivity contribution < 1.29 is 9.53 Å². The van der Waals surface area contributed by atoms with Crippen molar-refractivity contribution >= 4 is 29.3 Å². The van der Waals surface area contributed by atoms with E-state index in [9.17, 15) is 10.1 Å². The van der Waals surface area contributed by atoms with Crippen LogP contribution in [0.5, 0.6) is 5.75 Å². The van der Waals surface area contributed by atoms with E-state index in [1.807, 2.05) is 6.07 Å². The first-order chi connectivity index (χ1) is 12.0. The molecule has 0 spiro atoms. The molecular formula is C20H15ClN2O2. The quantitative estimate of drug-likeness (QED) is 0.499. The van der Waals surface area contributed by atoms with Gasteiger partial charge in [-0.15, -0.1) is 6.42 Å². The summed E-state index contributed by atoms with van der Waals surface area (Å²) in [6, 6.07) is 14.1. The van der Waals surface area contributed by atoms with E-state index in [-0.39, 0.29) is 12.2 Å². The Labute approximate surface area is 151 Å². The Kier molecular flexibility index (Phi) is 6.23. The normalized spacial score (nSPS) is 10.5. The SMILES string of the molecule is C#CCOc1cccc(/C=C(/C#N)C(=O)Nc2cccc(Cl)c2C)c1. The molecule has 0 unspecified atom stereocenters. The third kappa shape index (κ3) is 4.88. The number of anilines is 1. The van der Waals surface area contributed by atoms with Gasteiger partial charge >= 0.3 is 0 Å². The fourth-order valence-electron chi connectivity index (χ4n) is 2.07. The van der Waals surface area contributed by atoms with E-state index in [4.69, 9.17) is 22.8 Å². The Morgan fingerprint density at radius 3 is 2.84 bits per heavy atom. The van der Waals surface area contributed by atoms with Gasteiger partial charge in [-0.1, -0.05) is 35.7 Å².